The molecule has 0 fully saturated rings. The lowest BCUT2D eigenvalue weighted by Crippen LogP contribution is -2.42. The predicted octanol–water partition coefficient (Wildman–Crippen LogP) is 5.36. The topological polar surface area (TPSA) is 146 Å². The van der Waals surface area contributed by atoms with Crippen LogP contribution in [0, 0.1) is 17.8 Å². The third-order valence-electron chi connectivity index (χ3n) is 7.95. The van der Waals surface area contributed by atoms with Gasteiger partial charge in [-0.3, -0.25) is 19.2 Å². The normalized spacial score (nSPS) is 29.2. The Hall–Kier alpha value is -2.69. The van der Waals surface area contributed by atoms with Gasteiger partial charge in [0.25, 0.3) is 0 Å². The summed E-state index contributed by atoms with van der Waals surface area (Å²) in [5.74, 6) is -2.68. The lowest BCUT2D eigenvalue weighted by Gasteiger charge is -2.32. The average Bonchev–Trinajstić information content (AvgIpc) is 2.93. The number of alkyl halides is 1. The summed E-state index contributed by atoms with van der Waals surface area (Å²) >= 11 is 6.78. The number of carbonyl (C=O) groups excluding carboxylic acids is 4. The number of halogens is 1. The number of hydrogen-bond donors (Lipinski definition) is 2. The summed E-state index contributed by atoms with van der Waals surface area (Å²) in [5.41, 5.74) is -0.730. The summed E-state index contributed by atoms with van der Waals surface area (Å²) in [6, 6.07) is 0. The standard InChI is InChI=1S/C34H53ClO10/c1-10-28(42-24(6)36)23(5)32(35)29(43-25(7)37)18-20(2)12-11-13-21(3)33-22(4)14-15-30(44-26(8)38)34(9,41)17-16-27(39)19-31(40)45-33/h11-15,20,22-23,27-30,32-33,39,41H,10,16-19H2,1-9H3/b12-11+,15-14-,21-13+. The van der Waals surface area contributed by atoms with Crippen LogP contribution in [0.4, 0.5) is 0 Å². The van der Waals surface area contributed by atoms with Gasteiger partial charge in [0.1, 0.15) is 30.0 Å². The number of cyclic esters (lactones) is 1. The Labute approximate surface area is 273 Å². The minimum Gasteiger partial charge on any atom is -0.462 e. The summed E-state index contributed by atoms with van der Waals surface area (Å²) in [4.78, 5) is 47.9. The summed E-state index contributed by atoms with van der Waals surface area (Å²) in [6.45, 7) is 14.8. The van der Waals surface area contributed by atoms with Gasteiger partial charge in [-0.25, -0.2) is 0 Å². The van der Waals surface area contributed by atoms with Gasteiger partial charge in [-0.2, -0.15) is 0 Å². The lowest BCUT2D eigenvalue weighted by molar-refractivity contribution is -0.157. The first-order valence-electron chi connectivity index (χ1n) is 15.7. The highest BCUT2D eigenvalue weighted by atomic mass is 35.5. The molecule has 0 saturated carbocycles. The molecule has 10 unspecified atom stereocenters. The van der Waals surface area contributed by atoms with Crippen molar-refractivity contribution in [1.82, 2.24) is 0 Å². The quantitative estimate of drug-likeness (QED) is 0.0925. The molecule has 0 aromatic heterocycles. The molecule has 1 heterocycles. The lowest BCUT2D eigenvalue weighted by atomic mass is 9.88. The molecule has 0 spiro atoms. The molecule has 1 aliphatic rings. The second-order valence-corrected chi connectivity index (χ2v) is 13.0. The number of rotatable bonds is 12. The van der Waals surface area contributed by atoms with E-state index < -0.39 is 65.4 Å². The van der Waals surface area contributed by atoms with Crippen molar-refractivity contribution >= 4 is 35.5 Å². The van der Waals surface area contributed by atoms with E-state index in [1.165, 1.54) is 27.7 Å². The molecule has 10 nitrogen and oxygen atoms in total. The van der Waals surface area contributed by atoms with Crippen LogP contribution < -0.4 is 0 Å². The minimum absolute atomic E-state index is 0.0707. The van der Waals surface area contributed by atoms with E-state index in [1.807, 2.05) is 52.8 Å². The van der Waals surface area contributed by atoms with Crippen LogP contribution in [0.5, 0.6) is 0 Å². The fourth-order valence-corrected chi connectivity index (χ4v) is 5.66. The van der Waals surface area contributed by atoms with Gasteiger partial charge in [0, 0.05) is 32.6 Å². The summed E-state index contributed by atoms with van der Waals surface area (Å²) < 4.78 is 22.2. The van der Waals surface area contributed by atoms with Crippen molar-refractivity contribution in [1.29, 1.82) is 0 Å². The second kappa shape index (κ2) is 19.1. The average molecular weight is 657 g/mol. The Morgan fingerprint density at radius 3 is 2.24 bits per heavy atom. The van der Waals surface area contributed by atoms with Gasteiger partial charge in [0.05, 0.1) is 17.9 Å². The zero-order chi connectivity index (χ0) is 34.5. The monoisotopic (exact) mass is 656 g/mol. The van der Waals surface area contributed by atoms with Crippen molar-refractivity contribution < 1.29 is 48.3 Å². The Kier molecular flexibility index (Phi) is 17.1. The number of hydrogen-bond acceptors (Lipinski definition) is 10. The maximum absolute atomic E-state index is 12.7. The fourth-order valence-electron chi connectivity index (χ4n) is 5.34. The van der Waals surface area contributed by atoms with Gasteiger partial charge in [0.15, 0.2) is 0 Å². The van der Waals surface area contributed by atoms with Crippen LogP contribution in [0.25, 0.3) is 0 Å². The number of aliphatic hydroxyl groups is 2. The SMILES string of the molecule is CCC(OC(C)=O)C(C)C(Cl)C(CC(C)/C=C/C=C(\C)C1OC(=O)CC(O)CCC(C)(O)C(OC(C)=O)/C=C\C1C)OC(C)=O. The van der Waals surface area contributed by atoms with E-state index in [-0.39, 0.29) is 37.0 Å². The van der Waals surface area contributed by atoms with E-state index in [0.717, 1.165) is 5.57 Å². The maximum Gasteiger partial charge on any atom is 0.309 e. The highest BCUT2D eigenvalue weighted by molar-refractivity contribution is 6.21. The van der Waals surface area contributed by atoms with E-state index >= 15 is 0 Å². The van der Waals surface area contributed by atoms with E-state index in [0.29, 0.717) is 12.8 Å². The van der Waals surface area contributed by atoms with Gasteiger partial charge in [-0.15, -0.1) is 11.6 Å². The molecule has 2 N–H and O–H groups in total. The van der Waals surface area contributed by atoms with Crippen LogP contribution in [0.1, 0.15) is 94.4 Å². The van der Waals surface area contributed by atoms with Crippen molar-refractivity contribution in [3.05, 3.63) is 36.0 Å². The highest BCUT2D eigenvalue weighted by Crippen LogP contribution is 2.29. The molecule has 11 heteroatoms. The molecule has 0 bridgehead atoms. The van der Waals surface area contributed by atoms with Crippen LogP contribution in [-0.4, -0.2) is 75.6 Å². The molecule has 1 rings (SSSR count). The first kappa shape index (κ1) is 40.3. The number of aliphatic hydroxyl groups excluding tert-OH is 1. The summed E-state index contributed by atoms with van der Waals surface area (Å²) in [5, 5.41) is 20.8. The predicted molar refractivity (Wildman–Crippen MR) is 171 cm³/mol. The van der Waals surface area contributed by atoms with Crippen molar-refractivity contribution in [2.24, 2.45) is 17.8 Å². The minimum atomic E-state index is -1.45. The van der Waals surface area contributed by atoms with Crippen molar-refractivity contribution in [3.63, 3.8) is 0 Å². The first-order valence-corrected chi connectivity index (χ1v) is 16.1. The van der Waals surface area contributed by atoms with Gasteiger partial charge in [-0.05, 0) is 57.1 Å². The van der Waals surface area contributed by atoms with Crippen molar-refractivity contribution in [3.8, 4) is 0 Å². The first-order chi connectivity index (χ1) is 20.9. The molecular formula is C34H53ClO10. The van der Waals surface area contributed by atoms with E-state index in [9.17, 15) is 29.4 Å². The summed E-state index contributed by atoms with van der Waals surface area (Å²) in [6.07, 6.45) is 6.14. The van der Waals surface area contributed by atoms with Gasteiger partial charge in [-0.1, -0.05) is 52.0 Å². The molecule has 256 valence electrons. The molecule has 0 aromatic carbocycles. The van der Waals surface area contributed by atoms with Gasteiger partial charge < -0.3 is 29.2 Å². The Morgan fingerprint density at radius 2 is 1.69 bits per heavy atom. The summed E-state index contributed by atoms with van der Waals surface area (Å²) in [7, 11) is 0. The van der Waals surface area contributed by atoms with E-state index in [2.05, 4.69) is 0 Å². The maximum atomic E-state index is 12.7. The smallest absolute Gasteiger partial charge is 0.309 e. The Balaban J connectivity index is 3.19. The van der Waals surface area contributed by atoms with E-state index in [4.69, 9.17) is 30.5 Å². The third kappa shape index (κ3) is 14.5. The molecule has 1 aliphatic heterocycles. The van der Waals surface area contributed by atoms with Crippen LogP contribution in [-0.2, 0) is 38.1 Å². The van der Waals surface area contributed by atoms with Crippen LogP contribution in [0.3, 0.4) is 0 Å². The molecular weight excluding hydrogens is 604 g/mol. The third-order valence-corrected chi connectivity index (χ3v) is 8.63. The number of allylic oxidation sites excluding steroid dienone is 3. The second-order valence-electron chi connectivity index (χ2n) is 12.5. The Bertz CT molecular complexity index is 1080. The molecule has 45 heavy (non-hydrogen) atoms. The van der Waals surface area contributed by atoms with Gasteiger partial charge in [0.2, 0.25) is 0 Å². The van der Waals surface area contributed by atoms with Crippen molar-refractivity contribution in [2.45, 2.75) is 136 Å². The fraction of sp³-hybridized carbons (Fsp3) is 0.706. The highest BCUT2D eigenvalue weighted by Gasteiger charge is 2.36. The van der Waals surface area contributed by atoms with E-state index in [1.54, 1.807) is 12.2 Å². The molecule has 0 radical (unpaired) electrons. The zero-order valence-corrected chi connectivity index (χ0v) is 28.9. The number of esters is 4. The molecule has 0 saturated heterocycles. The van der Waals surface area contributed by atoms with Crippen molar-refractivity contribution in [2.75, 3.05) is 0 Å². The zero-order valence-electron chi connectivity index (χ0n) is 28.2. The molecule has 0 aromatic rings. The molecule has 0 amide bonds. The Morgan fingerprint density at radius 1 is 1.09 bits per heavy atom. The van der Waals surface area contributed by atoms with Crippen LogP contribution in [0.15, 0.2) is 36.0 Å². The van der Waals surface area contributed by atoms with Gasteiger partial charge >= 0.3 is 23.9 Å². The largest absolute Gasteiger partial charge is 0.462 e. The molecule has 10 atom stereocenters. The van der Waals surface area contributed by atoms with Crippen LogP contribution >= 0.6 is 11.6 Å². The molecule has 0 aliphatic carbocycles. The number of ether oxygens (including phenoxy) is 4. The number of carbonyl (C=O) groups is 4. The van der Waals surface area contributed by atoms with Crippen LogP contribution in [0.2, 0.25) is 0 Å².